The highest BCUT2D eigenvalue weighted by Crippen LogP contribution is 2.32. The topological polar surface area (TPSA) is 91.4 Å². The fourth-order valence-electron chi connectivity index (χ4n) is 2.91. The molecule has 0 aliphatic heterocycles. The number of ether oxygens (including phenoxy) is 2. The van der Waals surface area contributed by atoms with Crippen LogP contribution in [0.15, 0.2) is 54.7 Å². The van der Waals surface area contributed by atoms with E-state index in [9.17, 15) is 4.79 Å². The molecule has 0 bridgehead atoms. The Morgan fingerprint density at radius 3 is 2.79 bits per heavy atom. The second-order valence-corrected chi connectivity index (χ2v) is 6.26. The minimum absolute atomic E-state index is 0.111. The smallest absolute Gasteiger partial charge is 0.228 e. The van der Waals surface area contributed by atoms with Gasteiger partial charge in [-0.05, 0) is 42.0 Å². The van der Waals surface area contributed by atoms with Crippen LogP contribution in [0, 0.1) is 0 Å². The molecule has 0 fully saturated rings. The third kappa shape index (κ3) is 4.69. The average molecular weight is 380 g/mol. The fourth-order valence-corrected chi connectivity index (χ4v) is 2.91. The van der Waals surface area contributed by atoms with E-state index < -0.39 is 0 Å². The number of carbonyl (C=O) groups is 1. The standard InChI is InChI=1S/C21H24N4O3/c1-25-19(8-10-23-25)18-14-16(6-7-20(18)28-11-9-22)24-21(26)13-15-4-3-5-17(12-15)27-2/h3-8,10,12,14H,9,11,13,22H2,1-2H3,(H,24,26). The van der Waals surface area contributed by atoms with Gasteiger partial charge in [0.15, 0.2) is 0 Å². The number of nitrogens with two attached hydrogens (primary N) is 1. The van der Waals surface area contributed by atoms with Gasteiger partial charge in [-0.2, -0.15) is 5.10 Å². The van der Waals surface area contributed by atoms with Gasteiger partial charge in [-0.1, -0.05) is 12.1 Å². The lowest BCUT2D eigenvalue weighted by atomic mass is 10.1. The quantitative estimate of drug-likeness (QED) is 0.627. The number of aryl methyl sites for hydroxylation is 1. The van der Waals surface area contributed by atoms with Crippen LogP contribution in [0.25, 0.3) is 11.3 Å². The zero-order chi connectivity index (χ0) is 19.9. The summed E-state index contributed by atoms with van der Waals surface area (Å²) >= 11 is 0. The van der Waals surface area contributed by atoms with Crippen LogP contribution in [0.4, 0.5) is 5.69 Å². The van der Waals surface area contributed by atoms with Crippen molar-refractivity contribution in [3.8, 4) is 22.8 Å². The van der Waals surface area contributed by atoms with Crippen LogP contribution in [-0.4, -0.2) is 35.9 Å². The highest BCUT2D eigenvalue weighted by atomic mass is 16.5. The molecule has 0 unspecified atom stereocenters. The molecule has 3 aromatic rings. The van der Waals surface area contributed by atoms with Gasteiger partial charge in [0.25, 0.3) is 0 Å². The maximum Gasteiger partial charge on any atom is 0.228 e. The van der Waals surface area contributed by atoms with Crippen LogP contribution in [0.1, 0.15) is 5.56 Å². The van der Waals surface area contributed by atoms with E-state index >= 15 is 0 Å². The number of hydrogen-bond donors (Lipinski definition) is 2. The molecule has 0 aliphatic rings. The van der Waals surface area contributed by atoms with E-state index in [2.05, 4.69) is 10.4 Å². The van der Waals surface area contributed by atoms with Crippen LogP contribution < -0.4 is 20.5 Å². The second kappa shape index (κ2) is 9.05. The molecule has 146 valence electrons. The highest BCUT2D eigenvalue weighted by molar-refractivity contribution is 5.93. The van der Waals surface area contributed by atoms with Crippen LogP contribution in [0.5, 0.6) is 11.5 Å². The summed E-state index contributed by atoms with van der Waals surface area (Å²) in [4.78, 5) is 12.5. The number of rotatable bonds is 8. The molecule has 1 heterocycles. The number of aromatic nitrogens is 2. The lowest BCUT2D eigenvalue weighted by Gasteiger charge is -2.14. The third-order valence-electron chi connectivity index (χ3n) is 4.23. The lowest BCUT2D eigenvalue weighted by molar-refractivity contribution is -0.115. The number of nitrogens with zero attached hydrogens (tertiary/aromatic N) is 2. The molecule has 0 atom stereocenters. The molecule has 28 heavy (non-hydrogen) atoms. The Balaban J connectivity index is 1.80. The molecule has 0 spiro atoms. The van der Waals surface area contributed by atoms with Crippen LogP contribution in [0.3, 0.4) is 0 Å². The van der Waals surface area contributed by atoms with Gasteiger partial charge in [-0.15, -0.1) is 0 Å². The van der Waals surface area contributed by atoms with Gasteiger partial charge in [0.1, 0.15) is 18.1 Å². The number of anilines is 1. The maximum atomic E-state index is 12.5. The van der Waals surface area contributed by atoms with E-state index in [1.807, 2.05) is 55.6 Å². The first kappa shape index (κ1) is 19.4. The van der Waals surface area contributed by atoms with Gasteiger partial charge < -0.3 is 20.5 Å². The van der Waals surface area contributed by atoms with Crippen LogP contribution >= 0.6 is 0 Å². The van der Waals surface area contributed by atoms with Crippen molar-refractivity contribution < 1.29 is 14.3 Å². The Morgan fingerprint density at radius 1 is 1.21 bits per heavy atom. The second-order valence-electron chi connectivity index (χ2n) is 6.26. The van der Waals surface area contributed by atoms with Gasteiger partial charge in [-0.25, -0.2) is 0 Å². The van der Waals surface area contributed by atoms with E-state index in [1.54, 1.807) is 18.0 Å². The Bertz CT molecular complexity index is 952. The molecule has 1 amide bonds. The zero-order valence-electron chi connectivity index (χ0n) is 16.0. The number of amides is 1. The molecule has 0 saturated carbocycles. The summed E-state index contributed by atoms with van der Waals surface area (Å²) in [5.41, 5.74) is 8.85. The van der Waals surface area contributed by atoms with Crippen molar-refractivity contribution in [2.75, 3.05) is 25.6 Å². The van der Waals surface area contributed by atoms with Crippen molar-refractivity contribution >= 4 is 11.6 Å². The van der Waals surface area contributed by atoms with E-state index in [-0.39, 0.29) is 12.3 Å². The Morgan fingerprint density at radius 2 is 2.07 bits per heavy atom. The monoisotopic (exact) mass is 380 g/mol. The van der Waals surface area contributed by atoms with Gasteiger partial charge in [-0.3, -0.25) is 9.48 Å². The SMILES string of the molecule is COc1cccc(CC(=O)Nc2ccc(OCCN)c(-c3ccnn3C)c2)c1. The fraction of sp³-hybridized carbons (Fsp3) is 0.238. The van der Waals surface area contributed by atoms with Gasteiger partial charge in [0.05, 0.1) is 19.2 Å². The van der Waals surface area contributed by atoms with Crippen molar-refractivity contribution in [3.63, 3.8) is 0 Å². The molecule has 0 saturated heterocycles. The number of methoxy groups -OCH3 is 1. The maximum absolute atomic E-state index is 12.5. The molecular formula is C21H24N4O3. The number of hydrogen-bond acceptors (Lipinski definition) is 5. The van der Waals surface area contributed by atoms with Crippen molar-refractivity contribution in [2.24, 2.45) is 12.8 Å². The highest BCUT2D eigenvalue weighted by Gasteiger charge is 2.13. The lowest BCUT2D eigenvalue weighted by Crippen LogP contribution is -2.15. The van der Waals surface area contributed by atoms with Crippen LogP contribution in [-0.2, 0) is 18.3 Å². The van der Waals surface area contributed by atoms with E-state index in [0.29, 0.717) is 24.6 Å². The van der Waals surface area contributed by atoms with Gasteiger partial charge in [0.2, 0.25) is 5.91 Å². The molecule has 3 rings (SSSR count). The predicted octanol–water partition coefficient (Wildman–Crippen LogP) is 2.61. The summed E-state index contributed by atoms with van der Waals surface area (Å²) in [5.74, 6) is 1.31. The van der Waals surface area contributed by atoms with Crippen molar-refractivity contribution in [1.82, 2.24) is 9.78 Å². The molecule has 0 aliphatic carbocycles. The molecule has 1 aromatic heterocycles. The average Bonchev–Trinajstić information content (AvgIpc) is 3.12. The molecule has 3 N–H and O–H groups in total. The Labute approximate surface area is 164 Å². The predicted molar refractivity (Wildman–Crippen MR) is 109 cm³/mol. The van der Waals surface area contributed by atoms with Crippen LogP contribution in [0.2, 0.25) is 0 Å². The molecule has 0 radical (unpaired) electrons. The minimum Gasteiger partial charge on any atom is -0.497 e. The summed E-state index contributed by atoms with van der Waals surface area (Å²) < 4.78 is 12.7. The summed E-state index contributed by atoms with van der Waals surface area (Å²) in [6.45, 7) is 0.830. The normalized spacial score (nSPS) is 10.5. The van der Waals surface area contributed by atoms with Crippen molar-refractivity contribution in [2.45, 2.75) is 6.42 Å². The Kier molecular flexibility index (Phi) is 6.29. The van der Waals surface area contributed by atoms with Crippen molar-refractivity contribution in [1.29, 1.82) is 0 Å². The summed E-state index contributed by atoms with van der Waals surface area (Å²) in [5, 5.41) is 7.16. The molecule has 2 aromatic carbocycles. The first-order chi connectivity index (χ1) is 13.6. The number of nitrogens with one attached hydrogen (secondary N) is 1. The summed E-state index contributed by atoms with van der Waals surface area (Å²) in [6, 6.07) is 14.9. The van der Waals surface area contributed by atoms with Gasteiger partial charge in [0, 0.05) is 31.0 Å². The zero-order valence-corrected chi connectivity index (χ0v) is 16.0. The van der Waals surface area contributed by atoms with E-state index in [4.69, 9.17) is 15.2 Å². The van der Waals surface area contributed by atoms with Crippen molar-refractivity contribution in [3.05, 3.63) is 60.3 Å². The minimum atomic E-state index is -0.111. The third-order valence-corrected chi connectivity index (χ3v) is 4.23. The first-order valence-corrected chi connectivity index (χ1v) is 8.99. The largest absolute Gasteiger partial charge is 0.497 e. The first-order valence-electron chi connectivity index (χ1n) is 8.99. The van der Waals surface area contributed by atoms with E-state index in [0.717, 1.165) is 22.6 Å². The summed E-state index contributed by atoms with van der Waals surface area (Å²) in [6.07, 6.45) is 1.97. The summed E-state index contributed by atoms with van der Waals surface area (Å²) in [7, 11) is 3.46. The molecular weight excluding hydrogens is 356 g/mol. The van der Waals surface area contributed by atoms with Gasteiger partial charge >= 0.3 is 0 Å². The number of benzene rings is 2. The number of carbonyl (C=O) groups excluding carboxylic acids is 1. The molecule has 7 heteroatoms. The Hall–Kier alpha value is -3.32. The molecule has 7 nitrogen and oxygen atoms in total. The van der Waals surface area contributed by atoms with E-state index in [1.165, 1.54) is 0 Å².